The molecule has 7 heteroatoms. The van der Waals surface area contributed by atoms with Crippen LogP contribution in [0.2, 0.25) is 0 Å². The molecule has 0 heterocycles. The standard InChI is InChI=1S/C18H20O7/c1-22-11-5-7-15(24-3)13(9-11)18(21,17(19)20)14-10-12(23-2)6-8-16(14)25-4/h5-10,21H,1-4H3,(H,19,20). The van der Waals surface area contributed by atoms with Crippen molar-refractivity contribution in [2.75, 3.05) is 28.4 Å². The van der Waals surface area contributed by atoms with Gasteiger partial charge in [0.25, 0.3) is 0 Å². The maximum Gasteiger partial charge on any atom is 0.345 e. The minimum atomic E-state index is -2.44. The molecule has 0 fully saturated rings. The molecular formula is C18H20O7. The quantitative estimate of drug-likeness (QED) is 0.791. The van der Waals surface area contributed by atoms with Crippen molar-refractivity contribution in [3.05, 3.63) is 47.5 Å². The largest absolute Gasteiger partial charge is 0.497 e. The highest BCUT2D eigenvalue weighted by Gasteiger charge is 2.45. The Balaban J connectivity index is 2.83. The van der Waals surface area contributed by atoms with Crippen LogP contribution in [0, 0.1) is 0 Å². The first-order valence-electron chi connectivity index (χ1n) is 7.33. The molecule has 25 heavy (non-hydrogen) atoms. The summed E-state index contributed by atoms with van der Waals surface area (Å²) in [7, 11) is 5.65. The van der Waals surface area contributed by atoms with E-state index in [1.54, 1.807) is 12.1 Å². The van der Waals surface area contributed by atoms with Crippen LogP contribution >= 0.6 is 0 Å². The lowest BCUT2D eigenvalue weighted by atomic mass is 9.84. The highest BCUT2D eigenvalue weighted by Crippen LogP contribution is 2.43. The first-order chi connectivity index (χ1) is 11.9. The molecule has 0 saturated heterocycles. The highest BCUT2D eigenvalue weighted by molar-refractivity contribution is 5.86. The Morgan fingerprint density at radius 3 is 1.48 bits per heavy atom. The van der Waals surface area contributed by atoms with E-state index in [0.29, 0.717) is 11.5 Å². The number of benzene rings is 2. The Morgan fingerprint density at radius 2 is 1.20 bits per heavy atom. The van der Waals surface area contributed by atoms with E-state index >= 15 is 0 Å². The summed E-state index contributed by atoms with van der Waals surface area (Å²) in [5.41, 5.74) is -2.43. The van der Waals surface area contributed by atoms with E-state index in [-0.39, 0.29) is 22.6 Å². The van der Waals surface area contributed by atoms with Crippen LogP contribution in [-0.4, -0.2) is 44.6 Å². The van der Waals surface area contributed by atoms with Crippen LogP contribution in [0.5, 0.6) is 23.0 Å². The maximum absolute atomic E-state index is 12.1. The molecule has 0 spiro atoms. The summed E-state index contributed by atoms with van der Waals surface area (Å²) in [4.78, 5) is 12.1. The van der Waals surface area contributed by atoms with Gasteiger partial charge in [0.2, 0.25) is 5.60 Å². The minimum Gasteiger partial charge on any atom is -0.497 e. The van der Waals surface area contributed by atoms with E-state index in [4.69, 9.17) is 18.9 Å². The number of hydrogen-bond donors (Lipinski definition) is 2. The predicted molar refractivity (Wildman–Crippen MR) is 89.7 cm³/mol. The zero-order chi connectivity index (χ0) is 18.6. The molecular weight excluding hydrogens is 328 g/mol. The van der Waals surface area contributed by atoms with Gasteiger partial charge in [0, 0.05) is 11.1 Å². The van der Waals surface area contributed by atoms with Crippen molar-refractivity contribution >= 4 is 5.97 Å². The third-order valence-corrected chi connectivity index (χ3v) is 3.90. The molecule has 2 aromatic rings. The van der Waals surface area contributed by atoms with Crippen molar-refractivity contribution in [3.8, 4) is 23.0 Å². The fourth-order valence-electron chi connectivity index (χ4n) is 2.57. The van der Waals surface area contributed by atoms with E-state index in [0.717, 1.165) is 0 Å². The van der Waals surface area contributed by atoms with E-state index in [1.807, 2.05) is 0 Å². The Morgan fingerprint density at radius 1 is 0.800 bits per heavy atom. The SMILES string of the molecule is COc1ccc(OC)c(C(O)(C(=O)O)c2cc(OC)ccc2OC)c1. The number of carbonyl (C=O) groups is 1. The van der Waals surface area contributed by atoms with Crippen molar-refractivity contribution in [2.45, 2.75) is 5.60 Å². The van der Waals surface area contributed by atoms with Gasteiger partial charge >= 0.3 is 5.97 Å². The van der Waals surface area contributed by atoms with Crippen LogP contribution in [0.1, 0.15) is 11.1 Å². The molecule has 134 valence electrons. The lowest BCUT2D eigenvalue weighted by Crippen LogP contribution is -2.37. The van der Waals surface area contributed by atoms with Crippen LogP contribution in [-0.2, 0) is 10.4 Å². The van der Waals surface area contributed by atoms with E-state index < -0.39 is 11.6 Å². The van der Waals surface area contributed by atoms with Gasteiger partial charge in [-0.3, -0.25) is 0 Å². The smallest absolute Gasteiger partial charge is 0.345 e. The molecule has 0 aliphatic carbocycles. The Bertz CT molecular complexity index is 715. The molecule has 0 radical (unpaired) electrons. The highest BCUT2D eigenvalue weighted by atomic mass is 16.5. The molecule has 0 saturated carbocycles. The van der Waals surface area contributed by atoms with Gasteiger partial charge in [-0.1, -0.05) is 0 Å². The summed E-state index contributed by atoms with van der Waals surface area (Å²) < 4.78 is 20.8. The molecule has 2 rings (SSSR count). The predicted octanol–water partition coefficient (Wildman–Crippen LogP) is 2.04. The first-order valence-corrected chi connectivity index (χ1v) is 7.33. The van der Waals surface area contributed by atoms with Crippen molar-refractivity contribution in [1.29, 1.82) is 0 Å². The number of rotatable bonds is 7. The molecule has 0 atom stereocenters. The lowest BCUT2D eigenvalue weighted by Gasteiger charge is -2.28. The van der Waals surface area contributed by atoms with Gasteiger partial charge in [0.1, 0.15) is 23.0 Å². The van der Waals surface area contributed by atoms with E-state index in [9.17, 15) is 15.0 Å². The zero-order valence-electron chi connectivity index (χ0n) is 14.4. The number of aliphatic hydroxyl groups is 1. The number of hydrogen-bond acceptors (Lipinski definition) is 6. The molecule has 7 nitrogen and oxygen atoms in total. The molecule has 0 unspecified atom stereocenters. The molecule has 2 aromatic carbocycles. The molecule has 0 bridgehead atoms. The van der Waals surface area contributed by atoms with E-state index in [1.165, 1.54) is 52.7 Å². The summed E-state index contributed by atoms with van der Waals surface area (Å²) in [5, 5.41) is 21.1. The number of aliphatic carboxylic acids is 1. The summed E-state index contributed by atoms with van der Waals surface area (Å²) in [6, 6.07) is 9.07. The van der Waals surface area contributed by atoms with Crippen LogP contribution in [0.3, 0.4) is 0 Å². The summed E-state index contributed by atoms with van der Waals surface area (Å²) in [6.07, 6.45) is 0. The average Bonchev–Trinajstić information content (AvgIpc) is 2.65. The summed E-state index contributed by atoms with van der Waals surface area (Å²) >= 11 is 0. The van der Waals surface area contributed by atoms with Crippen molar-refractivity contribution in [2.24, 2.45) is 0 Å². The fourth-order valence-corrected chi connectivity index (χ4v) is 2.57. The molecule has 2 N–H and O–H groups in total. The van der Waals surface area contributed by atoms with Gasteiger partial charge in [-0.25, -0.2) is 4.79 Å². The zero-order valence-corrected chi connectivity index (χ0v) is 14.4. The number of carboxylic acid groups (broad SMARTS) is 1. The molecule has 0 aromatic heterocycles. The maximum atomic E-state index is 12.1. The minimum absolute atomic E-state index is 0.00778. The molecule has 0 aliphatic rings. The summed E-state index contributed by atoms with van der Waals surface area (Å²) in [5.74, 6) is -0.369. The lowest BCUT2D eigenvalue weighted by molar-refractivity contribution is -0.155. The average molecular weight is 348 g/mol. The summed E-state index contributed by atoms with van der Waals surface area (Å²) in [6.45, 7) is 0. The fraction of sp³-hybridized carbons (Fsp3) is 0.278. The normalized spacial score (nSPS) is 10.9. The molecule has 0 aliphatic heterocycles. The van der Waals surface area contributed by atoms with Crippen LogP contribution < -0.4 is 18.9 Å². The van der Waals surface area contributed by atoms with Crippen LogP contribution in [0.25, 0.3) is 0 Å². The van der Waals surface area contributed by atoms with Crippen molar-refractivity contribution < 1.29 is 34.0 Å². The van der Waals surface area contributed by atoms with Gasteiger partial charge in [0.05, 0.1) is 28.4 Å². The van der Waals surface area contributed by atoms with Crippen LogP contribution in [0.4, 0.5) is 0 Å². The third kappa shape index (κ3) is 3.18. The molecule has 0 amide bonds. The number of carboxylic acids is 1. The Kier molecular flexibility index (Phi) is 5.38. The van der Waals surface area contributed by atoms with Crippen molar-refractivity contribution in [1.82, 2.24) is 0 Å². The second kappa shape index (κ2) is 7.31. The van der Waals surface area contributed by atoms with Crippen molar-refractivity contribution in [3.63, 3.8) is 0 Å². The Hall–Kier alpha value is -2.93. The number of ether oxygens (including phenoxy) is 4. The van der Waals surface area contributed by atoms with Gasteiger partial charge in [-0.2, -0.15) is 0 Å². The second-order valence-electron chi connectivity index (χ2n) is 5.15. The van der Waals surface area contributed by atoms with Gasteiger partial charge in [-0.15, -0.1) is 0 Å². The second-order valence-corrected chi connectivity index (χ2v) is 5.15. The monoisotopic (exact) mass is 348 g/mol. The number of methoxy groups -OCH3 is 4. The topological polar surface area (TPSA) is 94.5 Å². The third-order valence-electron chi connectivity index (χ3n) is 3.90. The van der Waals surface area contributed by atoms with E-state index in [2.05, 4.69) is 0 Å². The first kappa shape index (κ1) is 18.4. The Labute approximate surface area is 145 Å². The van der Waals surface area contributed by atoms with Gasteiger partial charge in [-0.05, 0) is 36.4 Å². The van der Waals surface area contributed by atoms with Gasteiger partial charge in [0.15, 0.2) is 0 Å². The van der Waals surface area contributed by atoms with Gasteiger partial charge < -0.3 is 29.2 Å². The van der Waals surface area contributed by atoms with Crippen LogP contribution in [0.15, 0.2) is 36.4 Å².